The molecule has 0 atom stereocenters. The molecule has 0 radical (unpaired) electrons. The van der Waals surface area contributed by atoms with Crippen LogP contribution >= 0.6 is 15.9 Å². The summed E-state index contributed by atoms with van der Waals surface area (Å²) in [5.74, 6) is 0.783. The standard InChI is InChI=1S/C13H13BrN2/c1-8-5-4-6-11(9(8)2)12-7-13(14)16-10(3)15-12/h4-7H,1-3H3. The van der Waals surface area contributed by atoms with Crippen LogP contribution in [0.2, 0.25) is 0 Å². The SMILES string of the molecule is Cc1nc(Br)cc(-c2cccc(C)c2C)n1. The van der Waals surface area contributed by atoms with Crippen LogP contribution in [0.15, 0.2) is 28.9 Å². The molecule has 82 valence electrons. The number of aromatic nitrogens is 2. The lowest BCUT2D eigenvalue weighted by atomic mass is 10.0. The van der Waals surface area contributed by atoms with Crippen molar-refractivity contribution in [3.63, 3.8) is 0 Å². The van der Waals surface area contributed by atoms with Gasteiger partial charge in [0.1, 0.15) is 10.4 Å². The molecule has 2 aromatic rings. The van der Waals surface area contributed by atoms with Crippen LogP contribution in [0.5, 0.6) is 0 Å². The Hall–Kier alpha value is -1.22. The second kappa shape index (κ2) is 4.34. The molecule has 0 saturated heterocycles. The van der Waals surface area contributed by atoms with Crippen LogP contribution in [0.3, 0.4) is 0 Å². The molecule has 1 heterocycles. The Labute approximate surface area is 104 Å². The molecule has 2 nitrogen and oxygen atoms in total. The average Bonchev–Trinajstić information content (AvgIpc) is 2.20. The molecule has 0 fully saturated rings. The summed E-state index contributed by atoms with van der Waals surface area (Å²) in [6.07, 6.45) is 0. The fourth-order valence-corrected chi connectivity index (χ4v) is 2.17. The van der Waals surface area contributed by atoms with Crippen molar-refractivity contribution in [1.82, 2.24) is 9.97 Å². The molecule has 0 aliphatic heterocycles. The number of halogens is 1. The average molecular weight is 277 g/mol. The van der Waals surface area contributed by atoms with Gasteiger partial charge in [-0.3, -0.25) is 0 Å². The van der Waals surface area contributed by atoms with E-state index in [1.807, 2.05) is 13.0 Å². The zero-order valence-corrected chi connectivity index (χ0v) is 11.2. The molecule has 0 amide bonds. The maximum atomic E-state index is 4.47. The number of benzene rings is 1. The van der Waals surface area contributed by atoms with Gasteiger partial charge < -0.3 is 0 Å². The molecule has 1 aromatic carbocycles. The van der Waals surface area contributed by atoms with Crippen molar-refractivity contribution in [3.8, 4) is 11.3 Å². The lowest BCUT2D eigenvalue weighted by Gasteiger charge is -2.08. The molecule has 0 aliphatic carbocycles. The highest BCUT2D eigenvalue weighted by atomic mass is 79.9. The Morgan fingerprint density at radius 2 is 1.81 bits per heavy atom. The van der Waals surface area contributed by atoms with Crippen molar-refractivity contribution in [2.24, 2.45) is 0 Å². The summed E-state index contributed by atoms with van der Waals surface area (Å²) < 4.78 is 0.830. The third-order valence-corrected chi connectivity index (χ3v) is 3.09. The number of hydrogen-bond donors (Lipinski definition) is 0. The van der Waals surface area contributed by atoms with E-state index in [-0.39, 0.29) is 0 Å². The van der Waals surface area contributed by atoms with Gasteiger partial charge in [0.2, 0.25) is 0 Å². The first-order valence-electron chi connectivity index (χ1n) is 5.15. The topological polar surface area (TPSA) is 25.8 Å². The van der Waals surface area contributed by atoms with E-state index in [1.54, 1.807) is 0 Å². The van der Waals surface area contributed by atoms with Crippen LogP contribution in [0.4, 0.5) is 0 Å². The molecule has 3 heteroatoms. The fraction of sp³-hybridized carbons (Fsp3) is 0.231. The summed E-state index contributed by atoms with van der Waals surface area (Å²) in [6, 6.07) is 8.22. The van der Waals surface area contributed by atoms with Crippen molar-refractivity contribution < 1.29 is 0 Å². The first-order chi connectivity index (χ1) is 7.58. The minimum atomic E-state index is 0.783. The molecule has 1 aromatic heterocycles. The Bertz CT molecular complexity index is 515. The van der Waals surface area contributed by atoms with E-state index in [9.17, 15) is 0 Å². The molecule has 0 aliphatic rings. The van der Waals surface area contributed by atoms with E-state index >= 15 is 0 Å². The third-order valence-electron chi connectivity index (χ3n) is 2.69. The van der Waals surface area contributed by atoms with Crippen LogP contribution in [0.25, 0.3) is 11.3 Å². The van der Waals surface area contributed by atoms with E-state index in [4.69, 9.17) is 0 Å². The van der Waals surface area contributed by atoms with E-state index in [0.29, 0.717) is 0 Å². The van der Waals surface area contributed by atoms with Gasteiger partial charge in [0.25, 0.3) is 0 Å². The lowest BCUT2D eigenvalue weighted by Crippen LogP contribution is -1.94. The largest absolute Gasteiger partial charge is 0.233 e. The molecule has 0 saturated carbocycles. The summed E-state index contributed by atoms with van der Waals surface area (Å²) in [4.78, 5) is 8.68. The zero-order valence-electron chi connectivity index (χ0n) is 9.58. The van der Waals surface area contributed by atoms with Crippen LogP contribution < -0.4 is 0 Å². The second-order valence-corrected chi connectivity index (χ2v) is 4.68. The smallest absolute Gasteiger partial charge is 0.127 e. The maximum Gasteiger partial charge on any atom is 0.127 e. The predicted octanol–water partition coefficient (Wildman–Crippen LogP) is 3.83. The number of aryl methyl sites for hydroxylation is 2. The first-order valence-corrected chi connectivity index (χ1v) is 5.95. The second-order valence-electron chi connectivity index (χ2n) is 3.87. The molecule has 0 bridgehead atoms. The van der Waals surface area contributed by atoms with Crippen molar-refractivity contribution >= 4 is 15.9 Å². The van der Waals surface area contributed by atoms with Gasteiger partial charge in [0, 0.05) is 5.56 Å². The Balaban J connectivity index is 2.63. The summed E-state index contributed by atoms with van der Waals surface area (Å²) in [5, 5.41) is 0. The first kappa shape index (κ1) is 11.3. The molecule has 0 N–H and O–H groups in total. The number of hydrogen-bond acceptors (Lipinski definition) is 2. The zero-order chi connectivity index (χ0) is 11.7. The Kier molecular flexibility index (Phi) is 3.06. The van der Waals surface area contributed by atoms with Gasteiger partial charge >= 0.3 is 0 Å². The van der Waals surface area contributed by atoms with Crippen LogP contribution in [-0.4, -0.2) is 9.97 Å². The molecular weight excluding hydrogens is 264 g/mol. The fourth-order valence-electron chi connectivity index (χ4n) is 1.70. The van der Waals surface area contributed by atoms with Crippen molar-refractivity contribution in [1.29, 1.82) is 0 Å². The van der Waals surface area contributed by atoms with Gasteiger partial charge in [-0.1, -0.05) is 18.2 Å². The van der Waals surface area contributed by atoms with Gasteiger partial charge in [0.15, 0.2) is 0 Å². The molecule has 0 spiro atoms. The molecular formula is C13H13BrN2. The van der Waals surface area contributed by atoms with Gasteiger partial charge in [-0.15, -0.1) is 0 Å². The normalized spacial score (nSPS) is 10.5. The predicted molar refractivity (Wildman–Crippen MR) is 69.4 cm³/mol. The van der Waals surface area contributed by atoms with Crippen molar-refractivity contribution in [3.05, 3.63) is 45.8 Å². The van der Waals surface area contributed by atoms with E-state index < -0.39 is 0 Å². The lowest BCUT2D eigenvalue weighted by molar-refractivity contribution is 1.04. The van der Waals surface area contributed by atoms with Crippen LogP contribution in [-0.2, 0) is 0 Å². The quantitative estimate of drug-likeness (QED) is 0.740. The summed E-state index contributed by atoms with van der Waals surface area (Å²) in [6.45, 7) is 6.14. The van der Waals surface area contributed by atoms with Crippen molar-refractivity contribution in [2.75, 3.05) is 0 Å². The highest BCUT2D eigenvalue weighted by molar-refractivity contribution is 9.10. The minimum absolute atomic E-state index is 0.783. The third kappa shape index (κ3) is 2.14. The van der Waals surface area contributed by atoms with Gasteiger partial charge in [0.05, 0.1) is 5.69 Å². The maximum absolute atomic E-state index is 4.47. The molecule has 16 heavy (non-hydrogen) atoms. The van der Waals surface area contributed by atoms with E-state index in [1.165, 1.54) is 16.7 Å². The van der Waals surface area contributed by atoms with Crippen molar-refractivity contribution in [2.45, 2.75) is 20.8 Å². The number of rotatable bonds is 1. The molecule has 2 rings (SSSR count). The summed E-state index contributed by atoms with van der Waals surface area (Å²) >= 11 is 3.40. The highest BCUT2D eigenvalue weighted by Gasteiger charge is 2.06. The van der Waals surface area contributed by atoms with Gasteiger partial charge in [-0.05, 0) is 53.9 Å². The Morgan fingerprint density at radius 1 is 1.06 bits per heavy atom. The summed E-state index contributed by atoms with van der Waals surface area (Å²) in [7, 11) is 0. The van der Waals surface area contributed by atoms with E-state index in [2.05, 4.69) is 57.9 Å². The van der Waals surface area contributed by atoms with Gasteiger partial charge in [-0.25, -0.2) is 9.97 Å². The highest BCUT2D eigenvalue weighted by Crippen LogP contribution is 2.25. The van der Waals surface area contributed by atoms with Gasteiger partial charge in [-0.2, -0.15) is 0 Å². The number of nitrogens with zero attached hydrogens (tertiary/aromatic N) is 2. The Morgan fingerprint density at radius 3 is 2.50 bits per heavy atom. The molecule has 0 unspecified atom stereocenters. The van der Waals surface area contributed by atoms with Crippen LogP contribution in [0, 0.1) is 20.8 Å². The minimum Gasteiger partial charge on any atom is -0.233 e. The van der Waals surface area contributed by atoms with Crippen LogP contribution in [0.1, 0.15) is 17.0 Å². The summed E-state index contributed by atoms with van der Waals surface area (Å²) in [5.41, 5.74) is 4.70. The van der Waals surface area contributed by atoms with E-state index in [0.717, 1.165) is 16.1 Å². The monoisotopic (exact) mass is 276 g/mol.